The lowest BCUT2D eigenvalue weighted by molar-refractivity contribution is 0.456. The zero-order valence-corrected chi connectivity index (χ0v) is 10.8. The summed E-state index contributed by atoms with van der Waals surface area (Å²) in [6, 6.07) is 8.97. The summed E-state index contributed by atoms with van der Waals surface area (Å²) < 4.78 is 0. The van der Waals surface area contributed by atoms with Crippen molar-refractivity contribution in [3.63, 3.8) is 0 Å². The first kappa shape index (κ1) is 10.2. The SMILES string of the molecule is c1ccc2c(NC3C4C5CCC(C5)C34)cnnc2c1. The van der Waals surface area contributed by atoms with Crippen LogP contribution in [0.5, 0.6) is 0 Å². The minimum absolute atomic E-state index is 0.707. The highest BCUT2D eigenvalue weighted by Gasteiger charge is 2.65. The van der Waals surface area contributed by atoms with Gasteiger partial charge in [-0.2, -0.15) is 10.2 Å². The second-order valence-corrected chi connectivity index (χ2v) is 6.43. The first-order valence-electron chi connectivity index (χ1n) is 7.39. The quantitative estimate of drug-likeness (QED) is 0.891. The molecule has 2 aromatic rings. The standard InChI is InChI=1S/C16H17N3/c1-2-4-12-11(3-1)13(8-17-19-12)18-16-14-9-5-6-10(7-9)15(14)16/h1-4,8-10,14-16H,5-7H2,(H,18,19). The van der Waals surface area contributed by atoms with Gasteiger partial charge in [0.1, 0.15) is 0 Å². The van der Waals surface area contributed by atoms with Crippen LogP contribution >= 0.6 is 0 Å². The fourth-order valence-electron chi connectivity index (χ4n) is 4.82. The summed E-state index contributed by atoms with van der Waals surface area (Å²) in [5.41, 5.74) is 2.16. The molecule has 5 rings (SSSR count). The van der Waals surface area contributed by atoms with Gasteiger partial charge in [-0.3, -0.25) is 0 Å². The number of hydrogen-bond acceptors (Lipinski definition) is 3. The van der Waals surface area contributed by atoms with Gasteiger partial charge in [-0.05, 0) is 49.0 Å². The van der Waals surface area contributed by atoms with Gasteiger partial charge in [-0.25, -0.2) is 0 Å². The van der Waals surface area contributed by atoms with Gasteiger partial charge in [-0.1, -0.05) is 18.2 Å². The van der Waals surface area contributed by atoms with Crippen molar-refractivity contribution < 1.29 is 0 Å². The Balaban J connectivity index is 1.48. The van der Waals surface area contributed by atoms with Crippen molar-refractivity contribution in [1.29, 1.82) is 0 Å². The van der Waals surface area contributed by atoms with E-state index in [4.69, 9.17) is 0 Å². The third-order valence-corrected chi connectivity index (χ3v) is 5.60. The fraction of sp³-hybridized carbons (Fsp3) is 0.500. The van der Waals surface area contributed by atoms with Crippen LogP contribution in [-0.2, 0) is 0 Å². The van der Waals surface area contributed by atoms with E-state index in [1.165, 1.54) is 30.3 Å². The maximum absolute atomic E-state index is 4.19. The molecule has 2 bridgehead atoms. The first-order chi connectivity index (χ1) is 9.42. The Morgan fingerprint density at radius 3 is 2.68 bits per heavy atom. The number of hydrogen-bond donors (Lipinski definition) is 1. The molecule has 0 saturated heterocycles. The Labute approximate surface area is 112 Å². The highest BCUT2D eigenvalue weighted by atomic mass is 15.1. The van der Waals surface area contributed by atoms with Gasteiger partial charge in [0.25, 0.3) is 0 Å². The summed E-state index contributed by atoms with van der Waals surface area (Å²) >= 11 is 0. The Morgan fingerprint density at radius 2 is 1.84 bits per heavy atom. The second-order valence-electron chi connectivity index (χ2n) is 6.43. The van der Waals surface area contributed by atoms with Crippen molar-refractivity contribution in [2.24, 2.45) is 23.7 Å². The monoisotopic (exact) mass is 251 g/mol. The fourth-order valence-corrected chi connectivity index (χ4v) is 4.82. The van der Waals surface area contributed by atoms with Crippen LogP contribution in [0.4, 0.5) is 5.69 Å². The summed E-state index contributed by atoms with van der Waals surface area (Å²) in [6.45, 7) is 0. The Morgan fingerprint density at radius 1 is 1.05 bits per heavy atom. The normalized spacial score (nSPS) is 38.4. The smallest absolute Gasteiger partial charge is 0.0950 e. The summed E-state index contributed by atoms with van der Waals surface area (Å²) in [6.07, 6.45) is 6.33. The molecule has 3 fully saturated rings. The molecule has 0 spiro atoms. The molecule has 0 amide bonds. The molecule has 0 radical (unpaired) electrons. The summed E-state index contributed by atoms with van der Waals surface area (Å²) in [5.74, 6) is 3.92. The molecule has 0 aliphatic heterocycles. The number of fused-ring (bicyclic) bond motifs is 6. The summed E-state index contributed by atoms with van der Waals surface area (Å²) in [7, 11) is 0. The largest absolute Gasteiger partial charge is 0.380 e. The van der Waals surface area contributed by atoms with Crippen molar-refractivity contribution in [2.75, 3.05) is 5.32 Å². The minimum Gasteiger partial charge on any atom is -0.380 e. The van der Waals surface area contributed by atoms with Crippen LogP contribution in [0, 0.1) is 23.7 Å². The van der Waals surface area contributed by atoms with E-state index in [0.29, 0.717) is 6.04 Å². The van der Waals surface area contributed by atoms with Gasteiger partial charge in [-0.15, -0.1) is 0 Å². The van der Waals surface area contributed by atoms with Crippen LogP contribution in [0.1, 0.15) is 19.3 Å². The molecule has 4 atom stereocenters. The van der Waals surface area contributed by atoms with Crippen LogP contribution < -0.4 is 5.32 Å². The van der Waals surface area contributed by atoms with Gasteiger partial charge >= 0.3 is 0 Å². The van der Waals surface area contributed by atoms with E-state index in [1.807, 2.05) is 18.3 Å². The van der Waals surface area contributed by atoms with Gasteiger partial charge < -0.3 is 5.32 Å². The van der Waals surface area contributed by atoms with E-state index in [9.17, 15) is 0 Å². The van der Waals surface area contributed by atoms with E-state index in [1.54, 1.807) is 0 Å². The summed E-state index contributed by atoms with van der Waals surface area (Å²) in [5, 5.41) is 13.3. The average Bonchev–Trinajstić information content (AvgIpc) is 2.84. The van der Waals surface area contributed by atoms with Crippen LogP contribution in [0.2, 0.25) is 0 Å². The minimum atomic E-state index is 0.707. The maximum Gasteiger partial charge on any atom is 0.0950 e. The number of benzene rings is 1. The number of nitrogens with one attached hydrogen (secondary N) is 1. The van der Waals surface area contributed by atoms with Crippen molar-refractivity contribution >= 4 is 16.6 Å². The second kappa shape index (κ2) is 3.47. The van der Waals surface area contributed by atoms with Gasteiger partial charge in [0.15, 0.2) is 0 Å². The molecule has 3 aliphatic carbocycles. The highest BCUT2D eigenvalue weighted by Crippen LogP contribution is 2.66. The van der Waals surface area contributed by atoms with E-state index >= 15 is 0 Å². The third kappa shape index (κ3) is 1.33. The molecular weight excluding hydrogens is 234 g/mol. The number of rotatable bonds is 2. The van der Waals surface area contributed by atoms with E-state index in [2.05, 4.69) is 27.6 Å². The molecule has 3 aliphatic rings. The van der Waals surface area contributed by atoms with Crippen LogP contribution in [0.25, 0.3) is 10.9 Å². The predicted octanol–water partition coefficient (Wildman–Crippen LogP) is 3.09. The number of aromatic nitrogens is 2. The average molecular weight is 251 g/mol. The zero-order chi connectivity index (χ0) is 12.4. The van der Waals surface area contributed by atoms with Gasteiger partial charge in [0.05, 0.1) is 17.4 Å². The van der Waals surface area contributed by atoms with Crippen molar-refractivity contribution in [2.45, 2.75) is 25.3 Å². The number of anilines is 1. The molecule has 96 valence electrons. The van der Waals surface area contributed by atoms with Crippen molar-refractivity contribution in [1.82, 2.24) is 10.2 Å². The molecule has 1 aromatic heterocycles. The van der Waals surface area contributed by atoms with Gasteiger partial charge in [0, 0.05) is 11.4 Å². The zero-order valence-electron chi connectivity index (χ0n) is 10.8. The van der Waals surface area contributed by atoms with Crippen LogP contribution in [0.15, 0.2) is 30.5 Å². The number of nitrogens with zero attached hydrogens (tertiary/aromatic N) is 2. The van der Waals surface area contributed by atoms with Crippen LogP contribution in [-0.4, -0.2) is 16.2 Å². The lowest BCUT2D eigenvalue weighted by atomic mass is 10.0. The van der Waals surface area contributed by atoms with E-state index in [-0.39, 0.29) is 0 Å². The molecular formula is C16H17N3. The Bertz CT molecular complexity index is 632. The predicted molar refractivity (Wildman–Crippen MR) is 74.8 cm³/mol. The topological polar surface area (TPSA) is 37.8 Å². The highest BCUT2D eigenvalue weighted by molar-refractivity contribution is 5.90. The van der Waals surface area contributed by atoms with Crippen molar-refractivity contribution in [3.8, 4) is 0 Å². The maximum atomic E-state index is 4.19. The molecule has 19 heavy (non-hydrogen) atoms. The van der Waals surface area contributed by atoms with E-state index < -0.39 is 0 Å². The van der Waals surface area contributed by atoms with Crippen LogP contribution in [0.3, 0.4) is 0 Å². The molecule has 1 N–H and O–H groups in total. The van der Waals surface area contributed by atoms with Gasteiger partial charge in [0.2, 0.25) is 0 Å². The molecule has 3 nitrogen and oxygen atoms in total. The summed E-state index contributed by atoms with van der Waals surface area (Å²) in [4.78, 5) is 0. The molecule has 3 heteroatoms. The molecule has 1 aromatic carbocycles. The Kier molecular flexibility index (Phi) is 1.86. The third-order valence-electron chi connectivity index (χ3n) is 5.60. The van der Waals surface area contributed by atoms with Crippen molar-refractivity contribution in [3.05, 3.63) is 30.5 Å². The molecule has 4 unspecified atom stereocenters. The molecule has 1 heterocycles. The lowest BCUT2D eigenvalue weighted by Gasteiger charge is -2.12. The lowest BCUT2D eigenvalue weighted by Crippen LogP contribution is -2.13. The molecule has 3 saturated carbocycles. The Hall–Kier alpha value is -1.64. The first-order valence-corrected chi connectivity index (χ1v) is 7.39. The van der Waals surface area contributed by atoms with E-state index in [0.717, 1.165) is 29.2 Å².